The van der Waals surface area contributed by atoms with Gasteiger partial charge < -0.3 is 10.0 Å². The zero-order valence-electron chi connectivity index (χ0n) is 15.1. The third kappa shape index (κ3) is 3.52. The lowest BCUT2D eigenvalue weighted by Crippen LogP contribution is -2.38. The van der Waals surface area contributed by atoms with E-state index in [4.69, 9.17) is 0 Å². The highest BCUT2D eigenvalue weighted by Crippen LogP contribution is 2.12. The molecule has 8 heteroatoms. The number of fused-ring (bicyclic) bond motifs is 1. The third-order valence-electron chi connectivity index (χ3n) is 4.41. The van der Waals surface area contributed by atoms with Crippen LogP contribution in [0.2, 0.25) is 0 Å². The maximum atomic E-state index is 12.9. The minimum absolute atomic E-state index is 0.150. The summed E-state index contributed by atoms with van der Waals surface area (Å²) >= 11 is 0. The highest BCUT2D eigenvalue weighted by atomic mass is 16.3. The largest absolute Gasteiger partial charge is 0.395 e. The number of carbonyl (C=O) groups is 1. The van der Waals surface area contributed by atoms with E-state index in [2.05, 4.69) is 4.98 Å². The fourth-order valence-corrected chi connectivity index (χ4v) is 2.94. The van der Waals surface area contributed by atoms with Crippen molar-refractivity contribution in [1.82, 2.24) is 19.0 Å². The molecule has 1 N–H and O–H groups in total. The average molecular weight is 368 g/mol. The van der Waals surface area contributed by atoms with Crippen LogP contribution in [-0.2, 0) is 20.6 Å². The molecule has 1 amide bonds. The quantitative estimate of drug-likeness (QED) is 0.697. The first-order valence-electron chi connectivity index (χ1n) is 8.44. The molecule has 0 bridgehead atoms. The van der Waals surface area contributed by atoms with E-state index >= 15 is 0 Å². The van der Waals surface area contributed by atoms with Crippen LogP contribution in [0.25, 0.3) is 11.0 Å². The standard InChI is InChI=1S/C19H20N4O4/c1-21-16-15(18(26)22(2)19(21)27)10-14(11-20-16)17(25)23(8-9-24)12-13-6-4-3-5-7-13/h3-7,10-11,24H,8-9,12H2,1-2H3. The molecule has 0 saturated carbocycles. The molecule has 0 radical (unpaired) electrons. The summed E-state index contributed by atoms with van der Waals surface area (Å²) in [6.07, 6.45) is 1.35. The van der Waals surface area contributed by atoms with Crippen molar-refractivity contribution in [3.05, 3.63) is 74.6 Å². The van der Waals surface area contributed by atoms with Gasteiger partial charge in [-0.3, -0.25) is 18.7 Å². The van der Waals surface area contributed by atoms with Crippen molar-refractivity contribution in [3.8, 4) is 0 Å². The van der Waals surface area contributed by atoms with E-state index in [-0.39, 0.29) is 35.7 Å². The smallest absolute Gasteiger partial charge is 0.332 e. The second-order valence-corrected chi connectivity index (χ2v) is 6.24. The number of aromatic nitrogens is 3. The zero-order valence-corrected chi connectivity index (χ0v) is 15.1. The predicted molar refractivity (Wildman–Crippen MR) is 100 cm³/mol. The first-order valence-corrected chi connectivity index (χ1v) is 8.44. The Kier molecular flexibility index (Phi) is 5.18. The molecular weight excluding hydrogens is 348 g/mol. The number of hydrogen-bond donors (Lipinski definition) is 1. The van der Waals surface area contributed by atoms with Crippen LogP contribution >= 0.6 is 0 Å². The number of aliphatic hydroxyl groups is 1. The van der Waals surface area contributed by atoms with Gasteiger partial charge in [-0.05, 0) is 11.6 Å². The Labute approximate surface area is 154 Å². The Morgan fingerprint density at radius 3 is 2.52 bits per heavy atom. The van der Waals surface area contributed by atoms with E-state index < -0.39 is 11.2 Å². The lowest BCUT2D eigenvalue weighted by Gasteiger charge is -2.22. The van der Waals surface area contributed by atoms with Crippen molar-refractivity contribution < 1.29 is 9.90 Å². The topological polar surface area (TPSA) is 97.4 Å². The number of rotatable bonds is 5. The molecule has 0 aliphatic rings. The number of benzene rings is 1. The lowest BCUT2D eigenvalue weighted by molar-refractivity contribution is 0.0707. The van der Waals surface area contributed by atoms with Crippen LogP contribution < -0.4 is 11.2 Å². The van der Waals surface area contributed by atoms with Gasteiger partial charge in [-0.15, -0.1) is 0 Å². The van der Waals surface area contributed by atoms with Gasteiger partial charge in [-0.25, -0.2) is 9.78 Å². The van der Waals surface area contributed by atoms with Crippen molar-refractivity contribution in [2.45, 2.75) is 6.54 Å². The Hall–Kier alpha value is -3.26. The van der Waals surface area contributed by atoms with Crippen molar-refractivity contribution in [3.63, 3.8) is 0 Å². The fourth-order valence-electron chi connectivity index (χ4n) is 2.94. The van der Waals surface area contributed by atoms with E-state index in [0.717, 1.165) is 10.1 Å². The number of pyridine rings is 1. The minimum atomic E-state index is -0.507. The van der Waals surface area contributed by atoms with Gasteiger partial charge in [0, 0.05) is 33.4 Å². The van der Waals surface area contributed by atoms with Crippen LogP contribution in [0, 0.1) is 0 Å². The Morgan fingerprint density at radius 2 is 1.85 bits per heavy atom. The van der Waals surface area contributed by atoms with Gasteiger partial charge in [0.25, 0.3) is 11.5 Å². The summed E-state index contributed by atoms with van der Waals surface area (Å²) in [6, 6.07) is 10.9. The third-order valence-corrected chi connectivity index (χ3v) is 4.41. The normalized spacial score (nSPS) is 10.9. The Morgan fingerprint density at radius 1 is 1.15 bits per heavy atom. The molecular formula is C19H20N4O4. The van der Waals surface area contributed by atoms with Crippen LogP contribution in [0.5, 0.6) is 0 Å². The van der Waals surface area contributed by atoms with Gasteiger partial charge in [-0.1, -0.05) is 30.3 Å². The summed E-state index contributed by atoms with van der Waals surface area (Å²) in [6.45, 7) is 0.288. The molecule has 0 aliphatic heterocycles. The number of aliphatic hydroxyl groups excluding tert-OH is 1. The molecule has 0 fully saturated rings. The summed E-state index contributed by atoms with van der Waals surface area (Å²) in [4.78, 5) is 43.0. The molecule has 8 nitrogen and oxygen atoms in total. The molecule has 0 spiro atoms. The molecule has 0 aliphatic carbocycles. The van der Waals surface area contributed by atoms with Crippen LogP contribution in [0.1, 0.15) is 15.9 Å². The first kappa shape index (κ1) is 18.5. The van der Waals surface area contributed by atoms with Crippen molar-refractivity contribution in [2.75, 3.05) is 13.2 Å². The maximum Gasteiger partial charge on any atom is 0.332 e. The van der Waals surface area contributed by atoms with Crippen LogP contribution in [0.4, 0.5) is 0 Å². The fraction of sp³-hybridized carbons (Fsp3) is 0.263. The summed E-state index contributed by atoms with van der Waals surface area (Å²) in [5.41, 5.74) is 0.377. The van der Waals surface area contributed by atoms with E-state index in [1.165, 1.54) is 35.8 Å². The molecule has 1 aromatic carbocycles. The maximum absolute atomic E-state index is 12.9. The molecule has 2 heterocycles. The number of hydrogen-bond acceptors (Lipinski definition) is 5. The van der Waals surface area contributed by atoms with Crippen LogP contribution in [-0.4, -0.2) is 43.2 Å². The highest BCUT2D eigenvalue weighted by molar-refractivity contribution is 5.96. The van der Waals surface area contributed by atoms with Gasteiger partial charge >= 0.3 is 5.69 Å². The van der Waals surface area contributed by atoms with Crippen LogP contribution in [0.15, 0.2) is 52.2 Å². The number of amides is 1. The summed E-state index contributed by atoms with van der Waals surface area (Å²) in [5.74, 6) is -0.349. The molecule has 0 unspecified atom stereocenters. The molecule has 27 heavy (non-hydrogen) atoms. The van der Waals surface area contributed by atoms with Crippen LogP contribution in [0.3, 0.4) is 0 Å². The highest BCUT2D eigenvalue weighted by Gasteiger charge is 2.19. The van der Waals surface area contributed by atoms with Gasteiger partial charge in [-0.2, -0.15) is 0 Å². The summed E-state index contributed by atoms with van der Waals surface area (Å²) in [7, 11) is 2.90. The van der Waals surface area contributed by atoms with Gasteiger partial charge in [0.2, 0.25) is 0 Å². The molecule has 0 atom stereocenters. The molecule has 2 aromatic heterocycles. The molecule has 3 rings (SSSR count). The van der Waals surface area contributed by atoms with Gasteiger partial charge in [0.05, 0.1) is 17.6 Å². The minimum Gasteiger partial charge on any atom is -0.395 e. The van der Waals surface area contributed by atoms with E-state index in [1.807, 2.05) is 30.3 Å². The second kappa shape index (κ2) is 7.55. The van der Waals surface area contributed by atoms with Crippen molar-refractivity contribution in [2.24, 2.45) is 14.1 Å². The van der Waals surface area contributed by atoms with Crippen molar-refractivity contribution >= 4 is 16.9 Å². The predicted octanol–water partition coefficient (Wildman–Crippen LogP) is 0.267. The summed E-state index contributed by atoms with van der Waals surface area (Å²) in [5, 5.41) is 9.52. The zero-order chi connectivity index (χ0) is 19.6. The molecule has 0 saturated heterocycles. The van der Waals surface area contributed by atoms with E-state index in [9.17, 15) is 19.5 Å². The van der Waals surface area contributed by atoms with Gasteiger partial charge in [0.1, 0.15) is 5.65 Å². The Balaban J connectivity index is 2.03. The average Bonchev–Trinajstić information content (AvgIpc) is 2.70. The number of nitrogens with zero attached hydrogens (tertiary/aromatic N) is 4. The number of aryl methyl sites for hydroxylation is 1. The Bertz CT molecular complexity index is 1100. The molecule has 140 valence electrons. The number of carbonyl (C=O) groups excluding carboxylic acids is 1. The summed E-state index contributed by atoms with van der Waals surface area (Å²) < 4.78 is 2.24. The lowest BCUT2D eigenvalue weighted by atomic mass is 10.1. The van der Waals surface area contributed by atoms with Crippen molar-refractivity contribution in [1.29, 1.82) is 0 Å². The second-order valence-electron chi connectivity index (χ2n) is 6.24. The SMILES string of the molecule is Cn1c(=O)c2cc(C(=O)N(CCO)Cc3ccccc3)cnc2n(C)c1=O. The van der Waals surface area contributed by atoms with E-state index in [1.54, 1.807) is 0 Å². The molecule has 3 aromatic rings. The van der Waals surface area contributed by atoms with E-state index in [0.29, 0.717) is 6.54 Å². The monoisotopic (exact) mass is 368 g/mol. The first-order chi connectivity index (χ1) is 12.9. The van der Waals surface area contributed by atoms with Gasteiger partial charge in [0.15, 0.2) is 0 Å².